The predicted octanol–water partition coefficient (Wildman–Crippen LogP) is 1.11. The minimum absolute atomic E-state index is 0.101. The molecule has 8 heteroatoms. The maximum Gasteiger partial charge on any atom is 0.251 e. The number of rotatable bonds is 7. The summed E-state index contributed by atoms with van der Waals surface area (Å²) in [6, 6.07) is 14.9. The van der Waals surface area contributed by atoms with Crippen LogP contribution in [0.2, 0.25) is 0 Å². The van der Waals surface area contributed by atoms with Crippen LogP contribution in [0.1, 0.15) is 22.3 Å². The number of carbonyl (C=O) groups is 3. The topological polar surface area (TPSA) is 97.0 Å². The first-order valence-electron chi connectivity index (χ1n) is 10.2. The Labute approximate surface area is 180 Å². The molecule has 4 rings (SSSR count). The lowest BCUT2D eigenvalue weighted by atomic mass is 10.1. The maximum atomic E-state index is 12.9. The van der Waals surface area contributed by atoms with E-state index in [1.165, 1.54) is 7.11 Å². The molecular weight excluding hydrogens is 398 g/mol. The highest BCUT2D eigenvalue weighted by Crippen LogP contribution is 2.23. The van der Waals surface area contributed by atoms with E-state index in [2.05, 4.69) is 10.6 Å². The molecular formula is C23H25N3O5. The highest BCUT2D eigenvalue weighted by molar-refractivity contribution is 5.98. The third-order valence-electron chi connectivity index (χ3n) is 5.56. The molecule has 2 heterocycles. The van der Waals surface area contributed by atoms with E-state index in [0.29, 0.717) is 30.9 Å². The summed E-state index contributed by atoms with van der Waals surface area (Å²) in [4.78, 5) is 39.6. The molecule has 3 atom stereocenters. The van der Waals surface area contributed by atoms with Gasteiger partial charge in [0.05, 0.1) is 20.3 Å². The summed E-state index contributed by atoms with van der Waals surface area (Å²) in [5.41, 5.74) is 1.46. The second kappa shape index (κ2) is 9.18. The van der Waals surface area contributed by atoms with E-state index < -0.39 is 12.1 Å². The monoisotopic (exact) mass is 423 g/mol. The number of piperazine rings is 1. The number of fused-ring (bicyclic) bond motifs is 1. The number of hydrogen-bond donors (Lipinski definition) is 2. The van der Waals surface area contributed by atoms with Crippen LogP contribution in [0.5, 0.6) is 5.75 Å². The molecule has 3 amide bonds. The number of hydrogen-bond acceptors (Lipinski definition) is 5. The largest absolute Gasteiger partial charge is 0.497 e. The third kappa shape index (κ3) is 4.69. The maximum absolute atomic E-state index is 12.9. The zero-order valence-electron chi connectivity index (χ0n) is 17.2. The molecule has 0 bridgehead atoms. The second-order valence-electron chi connectivity index (χ2n) is 7.71. The highest BCUT2D eigenvalue weighted by Gasteiger charge is 2.46. The van der Waals surface area contributed by atoms with Gasteiger partial charge in [-0.25, -0.2) is 0 Å². The zero-order chi connectivity index (χ0) is 21.8. The molecule has 2 aliphatic heterocycles. The zero-order valence-corrected chi connectivity index (χ0v) is 17.2. The van der Waals surface area contributed by atoms with Gasteiger partial charge in [-0.05, 0) is 30.2 Å². The average Bonchev–Trinajstić information content (AvgIpc) is 3.22. The van der Waals surface area contributed by atoms with Crippen LogP contribution in [0.3, 0.4) is 0 Å². The molecule has 162 valence electrons. The number of nitrogens with one attached hydrogen (secondary N) is 2. The third-order valence-corrected chi connectivity index (χ3v) is 5.56. The quantitative estimate of drug-likeness (QED) is 0.696. The van der Waals surface area contributed by atoms with E-state index >= 15 is 0 Å². The van der Waals surface area contributed by atoms with Crippen LogP contribution >= 0.6 is 0 Å². The Morgan fingerprint density at radius 1 is 1.16 bits per heavy atom. The average molecular weight is 423 g/mol. The van der Waals surface area contributed by atoms with Gasteiger partial charge in [0.2, 0.25) is 11.8 Å². The predicted molar refractivity (Wildman–Crippen MR) is 112 cm³/mol. The van der Waals surface area contributed by atoms with Crippen molar-refractivity contribution in [3.05, 3.63) is 65.7 Å². The van der Waals surface area contributed by atoms with E-state index in [4.69, 9.17) is 9.47 Å². The van der Waals surface area contributed by atoms with Crippen molar-refractivity contribution in [2.45, 2.75) is 31.2 Å². The Morgan fingerprint density at radius 2 is 1.97 bits per heavy atom. The van der Waals surface area contributed by atoms with Crippen molar-refractivity contribution in [2.24, 2.45) is 0 Å². The second-order valence-corrected chi connectivity index (χ2v) is 7.71. The molecule has 2 N–H and O–H groups in total. The normalized spacial score (nSPS) is 22.6. The molecule has 2 saturated heterocycles. The summed E-state index contributed by atoms with van der Waals surface area (Å²) >= 11 is 0. The molecule has 0 radical (unpaired) electrons. The fourth-order valence-corrected chi connectivity index (χ4v) is 3.98. The van der Waals surface area contributed by atoms with Gasteiger partial charge >= 0.3 is 0 Å². The van der Waals surface area contributed by atoms with E-state index in [1.54, 1.807) is 29.2 Å². The number of methoxy groups -OCH3 is 1. The Kier molecular flexibility index (Phi) is 6.18. The van der Waals surface area contributed by atoms with Gasteiger partial charge in [0, 0.05) is 18.2 Å². The number of benzene rings is 2. The Hall–Kier alpha value is -3.39. The van der Waals surface area contributed by atoms with Crippen molar-refractivity contribution in [3.63, 3.8) is 0 Å². The van der Waals surface area contributed by atoms with Gasteiger partial charge in [-0.1, -0.05) is 36.4 Å². The van der Waals surface area contributed by atoms with Crippen LogP contribution in [0.25, 0.3) is 0 Å². The van der Waals surface area contributed by atoms with Gasteiger partial charge in [-0.2, -0.15) is 0 Å². The molecule has 2 aromatic carbocycles. The summed E-state index contributed by atoms with van der Waals surface area (Å²) < 4.78 is 10.8. The number of amides is 3. The summed E-state index contributed by atoms with van der Waals surface area (Å²) in [6.45, 7) is 0.758. The molecule has 8 nitrogen and oxygen atoms in total. The van der Waals surface area contributed by atoms with Crippen LogP contribution < -0.4 is 15.4 Å². The Bertz CT molecular complexity index is 965. The summed E-state index contributed by atoms with van der Waals surface area (Å²) in [5, 5.41) is 5.68. The van der Waals surface area contributed by atoms with Gasteiger partial charge < -0.3 is 25.0 Å². The van der Waals surface area contributed by atoms with Crippen LogP contribution in [0, 0.1) is 0 Å². The molecule has 2 fully saturated rings. The minimum atomic E-state index is -0.722. The van der Waals surface area contributed by atoms with Gasteiger partial charge in [0.15, 0.2) is 0 Å². The van der Waals surface area contributed by atoms with E-state index in [-0.39, 0.29) is 30.4 Å². The van der Waals surface area contributed by atoms with Crippen molar-refractivity contribution >= 4 is 17.7 Å². The van der Waals surface area contributed by atoms with Gasteiger partial charge in [0.25, 0.3) is 5.91 Å². The fraction of sp³-hybridized carbons (Fsp3) is 0.348. The summed E-state index contributed by atoms with van der Waals surface area (Å²) in [6.07, 6.45) is 0.380. The van der Waals surface area contributed by atoms with Gasteiger partial charge in [0.1, 0.15) is 17.8 Å². The van der Waals surface area contributed by atoms with E-state index in [1.807, 2.05) is 30.3 Å². The number of nitrogens with zero attached hydrogens (tertiary/aromatic N) is 1. The first-order valence-corrected chi connectivity index (χ1v) is 10.2. The molecule has 0 saturated carbocycles. The van der Waals surface area contributed by atoms with Crippen molar-refractivity contribution in [1.82, 2.24) is 15.5 Å². The lowest BCUT2D eigenvalue weighted by molar-refractivity contribution is -0.148. The summed E-state index contributed by atoms with van der Waals surface area (Å²) in [7, 11) is 1.54. The number of carbonyl (C=O) groups excluding carboxylic acids is 3. The fourth-order valence-electron chi connectivity index (χ4n) is 3.98. The lowest BCUT2D eigenvalue weighted by Crippen LogP contribution is -2.62. The molecule has 2 aromatic rings. The van der Waals surface area contributed by atoms with Crippen LogP contribution in [0.4, 0.5) is 0 Å². The van der Waals surface area contributed by atoms with Crippen molar-refractivity contribution in [1.29, 1.82) is 0 Å². The van der Waals surface area contributed by atoms with Crippen molar-refractivity contribution in [3.8, 4) is 5.75 Å². The molecule has 2 aliphatic rings. The van der Waals surface area contributed by atoms with Crippen molar-refractivity contribution < 1.29 is 23.9 Å². The van der Waals surface area contributed by atoms with E-state index in [9.17, 15) is 14.4 Å². The van der Waals surface area contributed by atoms with Gasteiger partial charge in [-0.15, -0.1) is 0 Å². The first-order chi connectivity index (χ1) is 15.0. The van der Waals surface area contributed by atoms with Crippen LogP contribution in [-0.2, 0) is 20.9 Å². The van der Waals surface area contributed by atoms with Crippen LogP contribution in [-0.4, -0.2) is 61.0 Å². The Morgan fingerprint density at radius 3 is 2.74 bits per heavy atom. The Balaban J connectivity index is 1.34. The van der Waals surface area contributed by atoms with E-state index in [0.717, 1.165) is 5.56 Å². The SMILES string of the molecule is COc1cccc(C(=O)N[C@H]2C[C@H]3C(=O)N[C@@H](COCc4ccccc4)C(=O)N3C2)c1. The first kappa shape index (κ1) is 20.9. The number of ether oxygens (including phenoxy) is 2. The molecule has 0 unspecified atom stereocenters. The molecule has 0 aliphatic carbocycles. The standard InChI is InChI=1S/C23H25N3O5/c1-30-18-9-5-8-16(10-18)21(27)24-17-11-20-22(28)25-19(23(29)26(20)12-17)14-31-13-15-6-3-2-4-7-15/h2-10,17,19-20H,11-14H2,1H3,(H,24,27)(H,25,28)/t17-,19-,20-/m0/s1. The molecule has 31 heavy (non-hydrogen) atoms. The molecule has 0 spiro atoms. The minimum Gasteiger partial charge on any atom is -0.497 e. The molecule has 0 aromatic heterocycles. The summed E-state index contributed by atoms with van der Waals surface area (Å²) in [5.74, 6) is -0.0782. The van der Waals surface area contributed by atoms with Gasteiger partial charge in [-0.3, -0.25) is 14.4 Å². The van der Waals surface area contributed by atoms with Crippen LogP contribution in [0.15, 0.2) is 54.6 Å². The van der Waals surface area contributed by atoms with Crippen molar-refractivity contribution in [2.75, 3.05) is 20.3 Å². The lowest BCUT2D eigenvalue weighted by Gasteiger charge is -2.34. The smallest absolute Gasteiger partial charge is 0.251 e. The highest BCUT2D eigenvalue weighted by atomic mass is 16.5.